The Bertz CT molecular complexity index is 1240. The SMILES string of the molecule is CCC1CCC(n2nc(N3CCc4cc(-c5cnn(C)c5)ccc43)c3c2CCN(C(C)=O)C3)C1. The van der Waals surface area contributed by atoms with Crippen molar-refractivity contribution in [2.24, 2.45) is 13.0 Å². The van der Waals surface area contributed by atoms with Gasteiger partial charge in [-0.3, -0.25) is 14.2 Å². The maximum absolute atomic E-state index is 12.2. The molecule has 6 rings (SSSR count). The Balaban J connectivity index is 1.38. The summed E-state index contributed by atoms with van der Waals surface area (Å²) in [4.78, 5) is 16.6. The molecular weight excluding hydrogens is 424 g/mol. The van der Waals surface area contributed by atoms with Crippen molar-refractivity contribution in [3.8, 4) is 11.1 Å². The zero-order chi connectivity index (χ0) is 23.4. The quantitative estimate of drug-likeness (QED) is 0.572. The number of fused-ring (bicyclic) bond motifs is 2. The number of carbonyl (C=O) groups excluding carboxylic acids is 1. The minimum atomic E-state index is 0.152. The van der Waals surface area contributed by atoms with E-state index in [9.17, 15) is 4.79 Å². The van der Waals surface area contributed by atoms with Crippen molar-refractivity contribution in [2.75, 3.05) is 18.0 Å². The highest BCUT2D eigenvalue weighted by Crippen LogP contribution is 2.43. The van der Waals surface area contributed by atoms with Gasteiger partial charge in [0.05, 0.1) is 18.8 Å². The van der Waals surface area contributed by atoms with Crippen LogP contribution in [0.4, 0.5) is 11.5 Å². The molecule has 178 valence electrons. The third kappa shape index (κ3) is 3.53. The number of aryl methyl sites for hydroxylation is 1. The molecule has 7 heteroatoms. The normalized spacial score (nSPS) is 21.7. The first-order chi connectivity index (χ1) is 16.5. The lowest BCUT2D eigenvalue weighted by atomic mass is 10.0. The van der Waals surface area contributed by atoms with Crippen LogP contribution in [0.15, 0.2) is 30.6 Å². The first-order valence-corrected chi connectivity index (χ1v) is 12.8. The van der Waals surface area contributed by atoms with E-state index in [2.05, 4.69) is 46.0 Å². The van der Waals surface area contributed by atoms with Gasteiger partial charge in [-0.05, 0) is 54.9 Å². The summed E-state index contributed by atoms with van der Waals surface area (Å²) in [6.45, 7) is 6.38. The molecular formula is C27H34N6O. The van der Waals surface area contributed by atoms with E-state index in [1.807, 2.05) is 22.8 Å². The summed E-state index contributed by atoms with van der Waals surface area (Å²) in [6, 6.07) is 7.24. The first-order valence-electron chi connectivity index (χ1n) is 12.8. The summed E-state index contributed by atoms with van der Waals surface area (Å²) < 4.78 is 4.21. The van der Waals surface area contributed by atoms with Gasteiger partial charge in [-0.25, -0.2) is 0 Å². The van der Waals surface area contributed by atoms with Gasteiger partial charge in [0.2, 0.25) is 5.91 Å². The van der Waals surface area contributed by atoms with Crippen molar-refractivity contribution in [2.45, 2.75) is 65.0 Å². The molecule has 1 saturated carbocycles. The fraction of sp³-hybridized carbons (Fsp3) is 0.519. The minimum absolute atomic E-state index is 0.152. The molecule has 2 aromatic heterocycles. The first kappa shape index (κ1) is 21.4. The molecule has 7 nitrogen and oxygen atoms in total. The molecule has 1 aliphatic carbocycles. The van der Waals surface area contributed by atoms with Gasteiger partial charge in [-0.1, -0.05) is 19.4 Å². The van der Waals surface area contributed by atoms with Gasteiger partial charge in [-0.2, -0.15) is 10.2 Å². The maximum Gasteiger partial charge on any atom is 0.219 e. The number of rotatable bonds is 4. The summed E-state index contributed by atoms with van der Waals surface area (Å²) in [5.41, 5.74) is 7.57. The Kier molecular flexibility index (Phi) is 5.23. The molecule has 0 spiro atoms. The smallest absolute Gasteiger partial charge is 0.219 e. The lowest BCUT2D eigenvalue weighted by Crippen LogP contribution is -2.35. The van der Waals surface area contributed by atoms with Crippen LogP contribution in [0.5, 0.6) is 0 Å². The largest absolute Gasteiger partial charge is 0.338 e. The van der Waals surface area contributed by atoms with E-state index in [1.165, 1.54) is 53.8 Å². The minimum Gasteiger partial charge on any atom is -0.338 e. The molecule has 4 heterocycles. The van der Waals surface area contributed by atoms with Crippen LogP contribution in [0.25, 0.3) is 11.1 Å². The highest BCUT2D eigenvalue weighted by molar-refractivity contribution is 5.77. The van der Waals surface area contributed by atoms with Crippen LogP contribution in [-0.4, -0.2) is 43.5 Å². The standard InChI is InChI=1S/C27H34N6O/c1-4-19-5-7-23(13-19)33-26-10-11-31(18(2)34)17-24(26)27(29-33)32-12-9-21-14-20(6-8-25(21)32)22-15-28-30(3)16-22/h6,8,14-16,19,23H,4-5,7,9-13,17H2,1-3H3. The number of hydrogen-bond donors (Lipinski definition) is 0. The zero-order valence-electron chi connectivity index (χ0n) is 20.5. The van der Waals surface area contributed by atoms with Crippen molar-refractivity contribution in [1.82, 2.24) is 24.5 Å². The van der Waals surface area contributed by atoms with Gasteiger partial charge in [0.25, 0.3) is 0 Å². The predicted molar refractivity (Wildman–Crippen MR) is 133 cm³/mol. The number of nitrogens with zero attached hydrogens (tertiary/aromatic N) is 6. The van der Waals surface area contributed by atoms with Crippen molar-refractivity contribution in [3.63, 3.8) is 0 Å². The average molecular weight is 459 g/mol. The monoisotopic (exact) mass is 458 g/mol. The Morgan fingerprint density at radius 3 is 2.76 bits per heavy atom. The summed E-state index contributed by atoms with van der Waals surface area (Å²) in [6.07, 6.45) is 10.9. The van der Waals surface area contributed by atoms with Crippen LogP contribution in [0.2, 0.25) is 0 Å². The van der Waals surface area contributed by atoms with Gasteiger partial charge < -0.3 is 9.80 Å². The van der Waals surface area contributed by atoms with Gasteiger partial charge >= 0.3 is 0 Å². The van der Waals surface area contributed by atoms with E-state index in [0.717, 1.165) is 43.2 Å². The Labute approximate surface area is 201 Å². The molecule has 2 atom stereocenters. The number of anilines is 2. The molecule has 3 aliphatic rings. The maximum atomic E-state index is 12.2. The van der Waals surface area contributed by atoms with Gasteiger partial charge in [-0.15, -0.1) is 0 Å². The van der Waals surface area contributed by atoms with Gasteiger partial charge in [0, 0.05) is 62.2 Å². The van der Waals surface area contributed by atoms with Crippen molar-refractivity contribution < 1.29 is 4.79 Å². The van der Waals surface area contributed by atoms with E-state index in [4.69, 9.17) is 5.10 Å². The Morgan fingerprint density at radius 2 is 2.03 bits per heavy atom. The number of amides is 1. The molecule has 0 N–H and O–H groups in total. The molecule has 1 fully saturated rings. The summed E-state index contributed by atoms with van der Waals surface area (Å²) in [5, 5.41) is 9.62. The van der Waals surface area contributed by atoms with E-state index in [-0.39, 0.29) is 5.91 Å². The van der Waals surface area contributed by atoms with Crippen LogP contribution in [0, 0.1) is 5.92 Å². The average Bonchev–Trinajstić information content (AvgIpc) is 3.62. The van der Waals surface area contributed by atoms with E-state index < -0.39 is 0 Å². The van der Waals surface area contributed by atoms with Crippen LogP contribution in [-0.2, 0) is 31.2 Å². The second-order valence-electron chi connectivity index (χ2n) is 10.3. The van der Waals surface area contributed by atoms with Gasteiger partial charge in [0.1, 0.15) is 0 Å². The third-order valence-corrected chi connectivity index (χ3v) is 8.22. The van der Waals surface area contributed by atoms with Crippen molar-refractivity contribution >= 4 is 17.4 Å². The Morgan fingerprint density at radius 1 is 1.15 bits per heavy atom. The molecule has 1 aromatic carbocycles. The molecule has 2 unspecified atom stereocenters. The van der Waals surface area contributed by atoms with Crippen molar-refractivity contribution in [1.29, 1.82) is 0 Å². The van der Waals surface area contributed by atoms with Crippen LogP contribution in [0.1, 0.15) is 62.4 Å². The third-order valence-electron chi connectivity index (χ3n) is 8.22. The Hall–Kier alpha value is -3.09. The molecule has 34 heavy (non-hydrogen) atoms. The highest BCUT2D eigenvalue weighted by atomic mass is 16.2. The summed E-state index contributed by atoms with van der Waals surface area (Å²) >= 11 is 0. The summed E-state index contributed by atoms with van der Waals surface area (Å²) in [5.74, 6) is 2.02. The van der Waals surface area contributed by atoms with Crippen LogP contribution >= 0.6 is 0 Å². The predicted octanol–water partition coefficient (Wildman–Crippen LogP) is 4.63. The molecule has 2 aliphatic heterocycles. The molecule has 0 saturated heterocycles. The van der Waals surface area contributed by atoms with Gasteiger partial charge in [0.15, 0.2) is 5.82 Å². The van der Waals surface area contributed by atoms with Crippen LogP contribution in [0.3, 0.4) is 0 Å². The molecule has 3 aromatic rings. The topological polar surface area (TPSA) is 59.2 Å². The number of hydrogen-bond acceptors (Lipinski definition) is 4. The van der Waals surface area contributed by atoms with E-state index >= 15 is 0 Å². The highest BCUT2D eigenvalue weighted by Gasteiger charge is 2.35. The fourth-order valence-electron chi connectivity index (χ4n) is 6.23. The van der Waals surface area contributed by atoms with E-state index in [0.29, 0.717) is 12.6 Å². The molecule has 0 radical (unpaired) electrons. The molecule has 1 amide bonds. The molecule has 0 bridgehead atoms. The van der Waals surface area contributed by atoms with E-state index in [1.54, 1.807) is 6.92 Å². The second-order valence-corrected chi connectivity index (χ2v) is 10.3. The second kappa shape index (κ2) is 8.29. The van der Waals surface area contributed by atoms with Crippen molar-refractivity contribution in [3.05, 3.63) is 47.4 Å². The van der Waals surface area contributed by atoms with Crippen LogP contribution < -0.4 is 4.90 Å². The number of aromatic nitrogens is 4. The fourth-order valence-corrected chi connectivity index (χ4v) is 6.23. The zero-order valence-corrected chi connectivity index (χ0v) is 20.5. The number of benzene rings is 1. The number of carbonyl (C=O) groups is 1. The summed E-state index contributed by atoms with van der Waals surface area (Å²) in [7, 11) is 1.95. The lowest BCUT2D eigenvalue weighted by Gasteiger charge is -2.28. The lowest BCUT2D eigenvalue weighted by molar-refractivity contribution is -0.129.